The van der Waals surface area contributed by atoms with Gasteiger partial charge in [0.25, 0.3) is 0 Å². The second-order valence-electron chi connectivity index (χ2n) is 5.72. The number of carboxylic acid groups (broad SMARTS) is 1. The normalized spacial score (nSPS) is 10.6. The maximum atomic E-state index is 10.7. The van der Waals surface area contributed by atoms with Crippen LogP contribution in [0.1, 0.15) is 23.4 Å². The number of benzene rings is 2. The molecule has 0 saturated carbocycles. The van der Waals surface area contributed by atoms with Crippen LogP contribution in [0.4, 0.5) is 0 Å². The average Bonchev–Trinajstić information content (AvgIpc) is 3.00. The van der Waals surface area contributed by atoms with Crippen LogP contribution in [0.15, 0.2) is 59.0 Å². The molecule has 0 spiro atoms. The van der Waals surface area contributed by atoms with Crippen molar-refractivity contribution in [3.63, 3.8) is 0 Å². The van der Waals surface area contributed by atoms with Crippen molar-refractivity contribution in [3.05, 3.63) is 71.6 Å². The van der Waals surface area contributed by atoms with Crippen molar-refractivity contribution in [2.45, 2.75) is 26.4 Å². The third-order valence-electron chi connectivity index (χ3n) is 3.81. The lowest BCUT2D eigenvalue weighted by atomic mass is 10.1. The van der Waals surface area contributed by atoms with Crippen LogP contribution in [-0.4, -0.2) is 16.1 Å². The van der Waals surface area contributed by atoms with E-state index in [2.05, 4.69) is 4.98 Å². The number of hydrogen-bond acceptors (Lipinski definition) is 4. The topological polar surface area (TPSA) is 72.6 Å². The van der Waals surface area contributed by atoms with E-state index in [1.807, 2.05) is 61.5 Å². The Kier molecular flexibility index (Phi) is 5.14. The van der Waals surface area contributed by atoms with E-state index in [0.717, 1.165) is 22.6 Å². The van der Waals surface area contributed by atoms with Crippen molar-refractivity contribution < 1.29 is 19.1 Å². The molecular weight excluding hydrogens is 318 g/mol. The monoisotopic (exact) mass is 337 g/mol. The van der Waals surface area contributed by atoms with Crippen molar-refractivity contribution in [2.75, 3.05) is 0 Å². The van der Waals surface area contributed by atoms with Gasteiger partial charge in [-0.2, -0.15) is 0 Å². The Morgan fingerprint density at radius 2 is 1.96 bits per heavy atom. The number of aromatic nitrogens is 1. The van der Waals surface area contributed by atoms with E-state index < -0.39 is 5.97 Å². The average molecular weight is 337 g/mol. The molecule has 0 aliphatic rings. The van der Waals surface area contributed by atoms with Crippen molar-refractivity contribution in [2.24, 2.45) is 0 Å². The van der Waals surface area contributed by atoms with E-state index in [-0.39, 0.29) is 6.42 Å². The Hall–Kier alpha value is -3.08. The fraction of sp³-hybridized carbons (Fsp3) is 0.200. The van der Waals surface area contributed by atoms with Crippen molar-refractivity contribution in [1.29, 1.82) is 0 Å². The summed E-state index contributed by atoms with van der Waals surface area (Å²) < 4.78 is 11.5. The zero-order valence-corrected chi connectivity index (χ0v) is 13.9. The van der Waals surface area contributed by atoms with E-state index in [9.17, 15) is 4.79 Å². The summed E-state index contributed by atoms with van der Waals surface area (Å²) in [7, 11) is 0. The van der Waals surface area contributed by atoms with Gasteiger partial charge in [0.1, 0.15) is 23.8 Å². The molecule has 0 aliphatic carbocycles. The first kappa shape index (κ1) is 16.8. The van der Waals surface area contributed by atoms with Gasteiger partial charge in [-0.05, 0) is 43.2 Å². The van der Waals surface area contributed by atoms with Gasteiger partial charge in [0.15, 0.2) is 0 Å². The Morgan fingerprint density at radius 1 is 1.16 bits per heavy atom. The summed E-state index contributed by atoms with van der Waals surface area (Å²) in [6.07, 6.45) is 0.583. The summed E-state index contributed by atoms with van der Waals surface area (Å²) in [5, 5.41) is 8.77. The summed E-state index contributed by atoms with van der Waals surface area (Å²) in [5.74, 6) is 1.18. The lowest BCUT2D eigenvalue weighted by molar-refractivity contribution is -0.136. The fourth-order valence-corrected chi connectivity index (χ4v) is 2.46. The first-order valence-corrected chi connectivity index (χ1v) is 8.07. The highest BCUT2D eigenvalue weighted by molar-refractivity contribution is 5.67. The molecule has 5 nitrogen and oxygen atoms in total. The molecule has 0 atom stereocenters. The maximum absolute atomic E-state index is 10.7. The van der Waals surface area contributed by atoms with Crippen LogP contribution in [-0.2, 0) is 17.8 Å². The van der Waals surface area contributed by atoms with Crippen LogP contribution in [0, 0.1) is 6.92 Å². The maximum Gasteiger partial charge on any atom is 0.303 e. The quantitative estimate of drug-likeness (QED) is 0.698. The predicted octanol–water partition coefficient (Wildman–Crippen LogP) is 4.25. The summed E-state index contributed by atoms with van der Waals surface area (Å²) in [6.45, 7) is 2.16. The van der Waals surface area contributed by atoms with Crippen LogP contribution in [0.5, 0.6) is 5.75 Å². The Balaban J connectivity index is 1.67. The number of aliphatic carboxylic acids is 1. The third kappa shape index (κ3) is 4.47. The minimum atomic E-state index is -0.807. The minimum Gasteiger partial charge on any atom is -0.487 e. The molecule has 3 rings (SSSR count). The van der Waals surface area contributed by atoms with Crippen molar-refractivity contribution >= 4 is 5.97 Å². The first-order chi connectivity index (χ1) is 12.1. The van der Waals surface area contributed by atoms with E-state index in [1.54, 1.807) is 0 Å². The molecule has 0 fully saturated rings. The molecule has 25 heavy (non-hydrogen) atoms. The van der Waals surface area contributed by atoms with Gasteiger partial charge in [-0.25, -0.2) is 4.98 Å². The van der Waals surface area contributed by atoms with Crippen molar-refractivity contribution in [3.8, 4) is 17.2 Å². The van der Waals surface area contributed by atoms with E-state index in [4.69, 9.17) is 14.3 Å². The molecule has 1 heterocycles. The van der Waals surface area contributed by atoms with Crippen LogP contribution in [0.3, 0.4) is 0 Å². The van der Waals surface area contributed by atoms with E-state index in [1.165, 1.54) is 0 Å². The second kappa shape index (κ2) is 7.66. The zero-order chi connectivity index (χ0) is 17.6. The number of hydrogen-bond donors (Lipinski definition) is 1. The molecule has 5 heteroatoms. The summed E-state index contributed by atoms with van der Waals surface area (Å²) in [6, 6.07) is 17.2. The van der Waals surface area contributed by atoms with Crippen LogP contribution >= 0.6 is 0 Å². The van der Waals surface area contributed by atoms with Crippen LogP contribution in [0.2, 0.25) is 0 Å². The van der Waals surface area contributed by atoms with Gasteiger partial charge in [-0.15, -0.1) is 0 Å². The smallest absolute Gasteiger partial charge is 0.303 e. The Labute approximate surface area is 145 Å². The van der Waals surface area contributed by atoms with Gasteiger partial charge in [-0.1, -0.05) is 30.3 Å². The molecule has 3 aromatic rings. The number of rotatable bonds is 7. The van der Waals surface area contributed by atoms with Gasteiger partial charge in [0.05, 0.1) is 0 Å². The number of carbonyl (C=O) groups is 1. The highest BCUT2D eigenvalue weighted by Crippen LogP contribution is 2.23. The molecule has 0 radical (unpaired) electrons. The Bertz CT molecular complexity index is 855. The van der Waals surface area contributed by atoms with Gasteiger partial charge < -0.3 is 14.3 Å². The lowest BCUT2D eigenvalue weighted by Gasteiger charge is -2.06. The van der Waals surface area contributed by atoms with Gasteiger partial charge in [-0.3, -0.25) is 4.79 Å². The molecule has 0 aliphatic heterocycles. The number of ether oxygens (including phenoxy) is 1. The van der Waals surface area contributed by atoms with Crippen molar-refractivity contribution in [1.82, 2.24) is 4.98 Å². The van der Waals surface area contributed by atoms with Gasteiger partial charge >= 0.3 is 5.97 Å². The molecule has 0 amide bonds. The molecule has 2 aromatic carbocycles. The molecule has 0 unspecified atom stereocenters. The van der Waals surface area contributed by atoms with E-state index >= 15 is 0 Å². The predicted molar refractivity (Wildman–Crippen MR) is 93.4 cm³/mol. The molecule has 1 N–H and O–H groups in total. The summed E-state index contributed by atoms with van der Waals surface area (Å²) >= 11 is 0. The number of aryl methyl sites for hydroxylation is 2. The van der Waals surface area contributed by atoms with Crippen LogP contribution < -0.4 is 4.74 Å². The molecule has 0 saturated heterocycles. The third-order valence-corrected chi connectivity index (χ3v) is 3.81. The van der Waals surface area contributed by atoms with Gasteiger partial charge in [0, 0.05) is 12.0 Å². The molecular formula is C20H19NO4. The number of nitrogens with zero attached hydrogens (tertiary/aromatic N) is 1. The first-order valence-electron chi connectivity index (χ1n) is 8.07. The minimum absolute atomic E-state index is 0.103. The zero-order valence-electron chi connectivity index (χ0n) is 13.9. The fourth-order valence-electron chi connectivity index (χ4n) is 2.46. The summed E-state index contributed by atoms with van der Waals surface area (Å²) in [4.78, 5) is 15.2. The van der Waals surface area contributed by atoms with Crippen LogP contribution in [0.25, 0.3) is 11.5 Å². The number of carboxylic acids is 1. The molecule has 128 valence electrons. The summed E-state index contributed by atoms with van der Waals surface area (Å²) in [5.41, 5.74) is 2.60. The largest absolute Gasteiger partial charge is 0.487 e. The molecule has 0 bridgehead atoms. The van der Waals surface area contributed by atoms with Gasteiger partial charge in [0.2, 0.25) is 5.89 Å². The Morgan fingerprint density at radius 3 is 2.72 bits per heavy atom. The second-order valence-corrected chi connectivity index (χ2v) is 5.72. The standard InChI is InChI=1S/C20H19NO4/c1-14-18(21-20(25-14)16-7-3-2-4-8-16)13-24-17-9-5-6-15(12-17)10-11-19(22)23/h2-9,12H,10-11,13H2,1H3,(H,22,23). The lowest BCUT2D eigenvalue weighted by Crippen LogP contribution is -2.00. The van der Waals surface area contributed by atoms with E-state index in [0.29, 0.717) is 24.7 Å². The highest BCUT2D eigenvalue weighted by atomic mass is 16.5. The number of oxazole rings is 1. The molecule has 1 aromatic heterocycles. The SMILES string of the molecule is Cc1oc(-c2ccccc2)nc1COc1cccc(CCC(=O)O)c1. The highest BCUT2D eigenvalue weighted by Gasteiger charge is 2.12.